The molecule has 5 nitrogen and oxygen atoms in total. The van der Waals surface area contributed by atoms with E-state index in [0.717, 1.165) is 5.56 Å². The van der Waals surface area contributed by atoms with Crippen LogP contribution in [0.4, 0.5) is 10.1 Å². The van der Waals surface area contributed by atoms with Crippen LogP contribution < -0.4 is 5.73 Å². The Hall–Kier alpha value is -2.47. The van der Waals surface area contributed by atoms with Crippen molar-refractivity contribution < 1.29 is 4.39 Å². The average Bonchev–Trinajstić information content (AvgIpc) is 2.86. The lowest BCUT2D eigenvalue weighted by Crippen LogP contribution is -2.04. The summed E-state index contributed by atoms with van der Waals surface area (Å²) >= 11 is 6.06. The smallest absolute Gasteiger partial charge is 0.187 e. The Morgan fingerprint density at radius 3 is 2.76 bits per heavy atom. The minimum Gasteiger partial charge on any atom is -0.399 e. The molecule has 0 atom stereocenters. The second-order valence-corrected chi connectivity index (χ2v) is 5.02. The number of rotatable bonds is 2. The van der Waals surface area contributed by atoms with Crippen LogP contribution in [0.1, 0.15) is 5.56 Å². The van der Waals surface area contributed by atoms with E-state index in [0.29, 0.717) is 17.1 Å². The summed E-state index contributed by atoms with van der Waals surface area (Å²) in [6.07, 6.45) is 0. The number of nitrogen functional groups attached to an aromatic ring is 1. The number of aryl methyl sites for hydroxylation is 1. The lowest BCUT2D eigenvalue weighted by molar-refractivity contribution is 0.608. The maximum absolute atomic E-state index is 14.0. The van der Waals surface area contributed by atoms with Crippen molar-refractivity contribution in [2.45, 2.75) is 6.92 Å². The quantitative estimate of drug-likeness (QED) is 0.739. The van der Waals surface area contributed by atoms with Crippen LogP contribution in [-0.4, -0.2) is 20.2 Å². The molecule has 1 aromatic heterocycles. The van der Waals surface area contributed by atoms with Gasteiger partial charge in [-0.05, 0) is 53.2 Å². The van der Waals surface area contributed by atoms with Crippen LogP contribution in [-0.2, 0) is 0 Å². The zero-order valence-corrected chi connectivity index (χ0v) is 11.8. The van der Waals surface area contributed by atoms with Crippen LogP contribution in [0.15, 0.2) is 36.4 Å². The minimum atomic E-state index is -0.503. The van der Waals surface area contributed by atoms with E-state index in [1.807, 2.05) is 19.1 Å². The molecular weight excluding hydrogens is 293 g/mol. The van der Waals surface area contributed by atoms with Crippen LogP contribution in [0, 0.1) is 12.7 Å². The first-order chi connectivity index (χ1) is 10.1. The van der Waals surface area contributed by atoms with Gasteiger partial charge in [-0.3, -0.25) is 0 Å². The predicted molar refractivity (Wildman–Crippen MR) is 78.7 cm³/mol. The van der Waals surface area contributed by atoms with Crippen LogP contribution in [0.3, 0.4) is 0 Å². The monoisotopic (exact) mass is 303 g/mol. The third-order valence-corrected chi connectivity index (χ3v) is 3.28. The normalized spacial score (nSPS) is 10.8. The summed E-state index contributed by atoms with van der Waals surface area (Å²) in [5.74, 6) is -0.130. The molecular formula is C14H11ClFN5. The van der Waals surface area contributed by atoms with E-state index in [1.165, 1.54) is 16.8 Å². The fourth-order valence-corrected chi connectivity index (χ4v) is 2.39. The number of tetrazole rings is 1. The van der Waals surface area contributed by atoms with E-state index in [1.54, 1.807) is 12.1 Å². The first-order valence-corrected chi connectivity index (χ1v) is 6.54. The van der Waals surface area contributed by atoms with Crippen LogP contribution in [0.2, 0.25) is 5.02 Å². The van der Waals surface area contributed by atoms with Crippen molar-refractivity contribution in [1.82, 2.24) is 20.2 Å². The van der Waals surface area contributed by atoms with Crippen molar-refractivity contribution in [1.29, 1.82) is 0 Å². The Kier molecular flexibility index (Phi) is 3.31. The molecule has 0 aliphatic rings. The molecule has 3 rings (SSSR count). The molecule has 0 aliphatic heterocycles. The summed E-state index contributed by atoms with van der Waals surface area (Å²) in [5, 5.41) is 11.6. The molecule has 0 bridgehead atoms. The molecule has 0 spiro atoms. The molecule has 0 saturated carbocycles. The van der Waals surface area contributed by atoms with Crippen molar-refractivity contribution in [3.63, 3.8) is 0 Å². The molecule has 3 aromatic rings. The zero-order chi connectivity index (χ0) is 15.0. The zero-order valence-electron chi connectivity index (χ0n) is 11.1. The summed E-state index contributed by atoms with van der Waals surface area (Å²) in [4.78, 5) is 0. The van der Waals surface area contributed by atoms with Crippen LogP contribution >= 0.6 is 11.6 Å². The Labute approximate surface area is 125 Å². The summed E-state index contributed by atoms with van der Waals surface area (Å²) < 4.78 is 15.3. The third kappa shape index (κ3) is 2.45. The average molecular weight is 304 g/mol. The van der Waals surface area contributed by atoms with Crippen molar-refractivity contribution in [2.24, 2.45) is 0 Å². The van der Waals surface area contributed by atoms with E-state index in [9.17, 15) is 4.39 Å². The molecule has 106 valence electrons. The van der Waals surface area contributed by atoms with Crippen molar-refractivity contribution >= 4 is 17.3 Å². The highest BCUT2D eigenvalue weighted by atomic mass is 35.5. The number of halogens is 2. The van der Waals surface area contributed by atoms with Gasteiger partial charge < -0.3 is 5.73 Å². The van der Waals surface area contributed by atoms with Gasteiger partial charge in [-0.2, -0.15) is 4.68 Å². The molecule has 1 heterocycles. The van der Waals surface area contributed by atoms with Gasteiger partial charge in [0.1, 0.15) is 5.69 Å². The first-order valence-electron chi connectivity index (χ1n) is 6.16. The van der Waals surface area contributed by atoms with E-state index in [2.05, 4.69) is 15.5 Å². The Morgan fingerprint density at radius 1 is 1.24 bits per heavy atom. The van der Waals surface area contributed by atoms with Crippen molar-refractivity contribution in [3.8, 4) is 17.1 Å². The van der Waals surface area contributed by atoms with Gasteiger partial charge in [0.2, 0.25) is 0 Å². The third-order valence-electron chi connectivity index (χ3n) is 2.98. The Balaban J connectivity index is 2.22. The largest absolute Gasteiger partial charge is 0.399 e. The second kappa shape index (κ2) is 5.14. The molecule has 0 saturated heterocycles. The molecule has 0 unspecified atom stereocenters. The molecule has 2 aromatic carbocycles. The second-order valence-electron chi connectivity index (χ2n) is 4.62. The van der Waals surface area contributed by atoms with Crippen molar-refractivity contribution in [2.75, 3.05) is 5.73 Å². The van der Waals surface area contributed by atoms with Crippen LogP contribution in [0.5, 0.6) is 0 Å². The molecule has 0 aliphatic carbocycles. The number of nitrogens with zero attached hydrogens (tertiary/aromatic N) is 4. The van der Waals surface area contributed by atoms with Gasteiger partial charge in [-0.15, -0.1) is 5.10 Å². The molecule has 2 N–H and O–H groups in total. The van der Waals surface area contributed by atoms with E-state index < -0.39 is 5.82 Å². The van der Waals surface area contributed by atoms with Crippen molar-refractivity contribution in [3.05, 3.63) is 52.8 Å². The number of anilines is 1. The van der Waals surface area contributed by atoms with E-state index in [-0.39, 0.29) is 10.7 Å². The molecule has 7 heteroatoms. The molecule has 0 amide bonds. The van der Waals surface area contributed by atoms with Gasteiger partial charge in [-0.1, -0.05) is 17.7 Å². The number of para-hydroxylation sites is 1. The lowest BCUT2D eigenvalue weighted by Gasteiger charge is -2.08. The standard InChI is InChI=1S/C14H11ClFN5/c1-8-5-9(7-10(17)6-8)14-18-19-20-21(14)13-11(15)3-2-4-12(13)16/h2-7H,17H2,1H3. The maximum atomic E-state index is 14.0. The van der Waals surface area contributed by atoms with Gasteiger partial charge in [0.15, 0.2) is 11.6 Å². The predicted octanol–water partition coefficient (Wildman–Crippen LogP) is 3.01. The maximum Gasteiger partial charge on any atom is 0.187 e. The summed E-state index contributed by atoms with van der Waals surface area (Å²) in [5.41, 5.74) is 8.18. The molecule has 0 radical (unpaired) electrons. The first kappa shape index (κ1) is 13.5. The minimum absolute atomic E-state index is 0.110. The highest BCUT2D eigenvalue weighted by Gasteiger charge is 2.17. The SMILES string of the molecule is Cc1cc(N)cc(-c2nnnn2-c2c(F)cccc2Cl)c1. The van der Waals surface area contributed by atoms with Gasteiger partial charge in [0, 0.05) is 11.3 Å². The fourth-order valence-electron chi connectivity index (χ4n) is 2.15. The van der Waals surface area contributed by atoms with E-state index >= 15 is 0 Å². The van der Waals surface area contributed by atoms with E-state index in [4.69, 9.17) is 17.3 Å². The number of benzene rings is 2. The van der Waals surface area contributed by atoms with Gasteiger partial charge >= 0.3 is 0 Å². The van der Waals surface area contributed by atoms with Gasteiger partial charge in [0.25, 0.3) is 0 Å². The lowest BCUT2D eigenvalue weighted by atomic mass is 10.1. The highest BCUT2D eigenvalue weighted by Crippen LogP contribution is 2.28. The topological polar surface area (TPSA) is 69.6 Å². The van der Waals surface area contributed by atoms with Gasteiger partial charge in [0.05, 0.1) is 5.02 Å². The Morgan fingerprint density at radius 2 is 2.05 bits per heavy atom. The van der Waals surface area contributed by atoms with Crippen LogP contribution in [0.25, 0.3) is 17.1 Å². The number of hydrogen-bond acceptors (Lipinski definition) is 4. The highest BCUT2D eigenvalue weighted by molar-refractivity contribution is 6.32. The number of aromatic nitrogens is 4. The fraction of sp³-hybridized carbons (Fsp3) is 0.0714. The number of hydrogen-bond donors (Lipinski definition) is 1. The number of nitrogens with two attached hydrogens (primary N) is 1. The van der Waals surface area contributed by atoms with Gasteiger partial charge in [-0.25, -0.2) is 4.39 Å². The molecule has 21 heavy (non-hydrogen) atoms. The summed E-state index contributed by atoms with van der Waals surface area (Å²) in [6.45, 7) is 1.91. The summed E-state index contributed by atoms with van der Waals surface area (Å²) in [6, 6.07) is 9.83. The molecule has 0 fully saturated rings. The Bertz CT molecular complexity index is 774. The summed E-state index contributed by atoms with van der Waals surface area (Å²) in [7, 11) is 0.